The number of fused-ring (bicyclic) bond motifs is 30. The summed E-state index contributed by atoms with van der Waals surface area (Å²) < 4.78 is 0. The van der Waals surface area contributed by atoms with E-state index >= 15 is 0 Å². The molecule has 0 unspecified atom stereocenters. The second-order valence-corrected chi connectivity index (χ2v) is 31.3. The van der Waals surface area contributed by atoms with E-state index < -0.39 is 0 Å². The lowest BCUT2D eigenvalue weighted by molar-refractivity contribution is 0.980. The van der Waals surface area contributed by atoms with Crippen molar-refractivity contribution in [2.24, 2.45) is 0 Å². The van der Waals surface area contributed by atoms with Crippen molar-refractivity contribution in [1.82, 2.24) is 15.0 Å². The van der Waals surface area contributed by atoms with Crippen LogP contribution >= 0.6 is 0 Å². The number of hydrogen-bond donors (Lipinski definition) is 0. The third kappa shape index (κ3) is 8.17. The van der Waals surface area contributed by atoms with Gasteiger partial charge < -0.3 is 9.80 Å². The Bertz CT molecular complexity index is 5900. The summed E-state index contributed by atoms with van der Waals surface area (Å²) >= 11 is 0. The lowest BCUT2D eigenvalue weighted by Gasteiger charge is -2.39. The molecule has 0 saturated carbocycles. The number of nitrogens with zero attached hydrogens (tertiary/aromatic N) is 6. The zero-order valence-electron chi connectivity index (χ0n) is 57.9. The van der Waals surface area contributed by atoms with Gasteiger partial charge in [-0.3, -0.25) is 14.9 Å². The molecule has 0 atom stereocenters. The summed E-state index contributed by atoms with van der Waals surface area (Å²) in [6, 6.07) is 85.6. The number of anilines is 9. The molecule has 0 fully saturated rings. The zero-order chi connectivity index (χ0) is 68.0. The number of para-hydroxylation sites is 3. The van der Waals surface area contributed by atoms with Gasteiger partial charge in [0.2, 0.25) is 0 Å². The van der Waals surface area contributed by atoms with Crippen molar-refractivity contribution >= 4 is 51.3 Å². The fourth-order valence-corrected chi connectivity index (χ4v) is 21.1. The average Bonchev–Trinajstić information content (AvgIpc) is 1.67. The standard InChI is InChI=1S/3C33H22N2/c1-2-9-27-19(5-1)11-23-14-24-15-25-17-31-26(16-28(25)30(24)18-29(23)27)13-21-7-3-6-20-12-22-8-4-10-34-33(22)35(31)32(20)21;1-2-7-27-19(4-1)10-23-13-24-14-25-16-31-26(15-28(25)30(24)17-29(23)27)12-22-6-3-5-21-11-20-8-9-34-18-32(20)35(31)33(21)22;1-2-7-27-19(4-1)10-22-13-23-14-24-16-32-25(15-28(24)30(23)17-29(22)27)11-20-5-3-6-21-12-26-18-34-9-8-31(26)35(32)33(20)21/h1-10,14,16-18H,11-13,15H2;2*1-9,13,15-18H,10-12,14H2. The van der Waals surface area contributed by atoms with Crippen LogP contribution in [0.4, 0.5) is 51.3 Å². The highest BCUT2D eigenvalue weighted by molar-refractivity contribution is 5.98. The molecule has 0 bridgehead atoms. The lowest BCUT2D eigenvalue weighted by Crippen LogP contribution is -2.25. The van der Waals surface area contributed by atoms with Gasteiger partial charge in [-0.25, -0.2) is 4.98 Å². The van der Waals surface area contributed by atoms with Gasteiger partial charge in [-0.2, -0.15) is 0 Å². The molecule has 27 rings (SSSR count). The minimum absolute atomic E-state index is 0.960. The highest BCUT2D eigenvalue weighted by Crippen LogP contribution is 2.58. The number of aromatic nitrogens is 3. The Morgan fingerprint density at radius 3 is 0.981 bits per heavy atom. The van der Waals surface area contributed by atoms with Crippen molar-refractivity contribution in [1.29, 1.82) is 0 Å². The van der Waals surface area contributed by atoms with Crippen LogP contribution in [0, 0.1) is 0 Å². The molecule has 15 aromatic rings. The molecular formula is C99H66N6. The Morgan fingerprint density at radius 2 is 0.505 bits per heavy atom. The van der Waals surface area contributed by atoms with E-state index in [4.69, 9.17) is 4.98 Å². The van der Waals surface area contributed by atoms with Gasteiger partial charge in [0.15, 0.2) is 0 Å². The van der Waals surface area contributed by atoms with Crippen LogP contribution in [0.25, 0.3) is 66.8 Å². The van der Waals surface area contributed by atoms with Gasteiger partial charge in [0, 0.05) is 63.3 Å². The van der Waals surface area contributed by atoms with Crippen LogP contribution in [0.15, 0.2) is 255 Å². The van der Waals surface area contributed by atoms with Crippen molar-refractivity contribution in [2.75, 3.05) is 14.7 Å². The molecule has 6 heteroatoms. The van der Waals surface area contributed by atoms with Crippen molar-refractivity contribution in [3.05, 3.63) is 389 Å². The Labute approximate surface area is 609 Å². The van der Waals surface area contributed by atoms with Crippen LogP contribution < -0.4 is 14.7 Å². The SMILES string of the molecule is c1ccc2c(c1)Cc1cc3c(cc1-2)-c1cc2c(cc1C3)N1c3ccncc3Cc3cccc(c31)C2.c1ccc2c(c1)Cc1cc3c(cc1-2)-c1cc2c(cc1C3)N1c3cnccc3Cc3cccc(c31)C2.c1ccc2c(c1)Cc1cc3c(cc1-2)-c1cc2c(cc1C3)N1c3ncccc3Cc3cccc(c31)C2. The normalized spacial score (nSPS) is 14.9. The van der Waals surface area contributed by atoms with Gasteiger partial charge in [0.1, 0.15) is 5.82 Å². The number of rotatable bonds is 0. The van der Waals surface area contributed by atoms with Crippen LogP contribution in [-0.2, 0) is 77.0 Å². The first-order chi connectivity index (χ1) is 51.9. The first kappa shape index (κ1) is 57.1. The fraction of sp³-hybridized carbons (Fsp3) is 0.121. The van der Waals surface area contributed by atoms with Crippen molar-refractivity contribution < 1.29 is 0 Å². The van der Waals surface area contributed by atoms with E-state index in [0.717, 1.165) is 82.9 Å². The Morgan fingerprint density at radius 1 is 0.181 bits per heavy atom. The summed E-state index contributed by atoms with van der Waals surface area (Å²) in [4.78, 5) is 21.3. The molecule has 0 spiro atoms. The second-order valence-electron chi connectivity index (χ2n) is 31.3. The molecule has 0 amide bonds. The van der Waals surface area contributed by atoms with E-state index in [0.29, 0.717) is 0 Å². The summed E-state index contributed by atoms with van der Waals surface area (Å²) in [7, 11) is 0. The molecule has 9 heterocycles. The minimum Gasteiger partial charge on any atom is -0.309 e. The summed E-state index contributed by atoms with van der Waals surface area (Å²) in [6.45, 7) is 0. The highest BCUT2D eigenvalue weighted by Gasteiger charge is 2.39. The van der Waals surface area contributed by atoms with E-state index in [2.05, 4.69) is 249 Å². The molecule has 12 aliphatic rings. The Hall–Kier alpha value is -12.5. The second kappa shape index (κ2) is 21.1. The predicted octanol–water partition coefficient (Wildman–Crippen LogP) is 22.5. The Kier molecular flexibility index (Phi) is 11.5. The van der Waals surface area contributed by atoms with Crippen LogP contribution in [0.3, 0.4) is 0 Å². The third-order valence-electron chi connectivity index (χ3n) is 25.6. The summed E-state index contributed by atoms with van der Waals surface area (Å²) in [5.74, 6) is 1.10. The average molecular weight is 1340 g/mol. The largest absolute Gasteiger partial charge is 0.309 e. The number of benzene rings is 12. The van der Waals surface area contributed by atoms with Gasteiger partial charge in [-0.15, -0.1) is 0 Å². The van der Waals surface area contributed by atoms with Crippen LogP contribution in [0.1, 0.15) is 134 Å². The topological polar surface area (TPSA) is 48.4 Å². The summed E-state index contributed by atoms with van der Waals surface area (Å²) in [5, 5.41) is 0. The number of hydrogen-bond acceptors (Lipinski definition) is 6. The van der Waals surface area contributed by atoms with Crippen LogP contribution in [-0.4, -0.2) is 15.0 Å². The van der Waals surface area contributed by atoms with Gasteiger partial charge in [0.05, 0.1) is 51.7 Å². The first-order valence-corrected chi connectivity index (χ1v) is 37.7. The maximum absolute atomic E-state index is 4.87. The molecule has 6 aliphatic heterocycles. The quantitative estimate of drug-likeness (QED) is 0.151. The van der Waals surface area contributed by atoms with Crippen molar-refractivity contribution in [3.8, 4) is 66.8 Å². The van der Waals surface area contributed by atoms with Gasteiger partial charge >= 0.3 is 0 Å². The number of pyridine rings is 3. The molecule has 0 saturated heterocycles. The van der Waals surface area contributed by atoms with E-state index in [-0.39, 0.29) is 0 Å². The van der Waals surface area contributed by atoms with Gasteiger partial charge in [-0.1, -0.05) is 152 Å². The van der Waals surface area contributed by atoms with Crippen LogP contribution in [0.2, 0.25) is 0 Å². The van der Waals surface area contributed by atoms with E-state index in [1.54, 1.807) is 0 Å². The van der Waals surface area contributed by atoms with Gasteiger partial charge in [0.25, 0.3) is 0 Å². The summed E-state index contributed by atoms with van der Waals surface area (Å²) in [5.41, 5.74) is 62.1. The van der Waals surface area contributed by atoms with E-state index in [9.17, 15) is 0 Å². The molecule has 3 aromatic heterocycles. The van der Waals surface area contributed by atoms with Gasteiger partial charge in [-0.05, 0) is 312 Å². The molecular weight excluding hydrogens is 1270 g/mol. The summed E-state index contributed by atoms with van der Waals surface area (Å²) in [6.07, 6.45) is 22.0. The van der Waals surface area contributed by atoms with E-state index in [1.165, 1.54) is 246 Å². The minimum atomic E-state index is 0.960. The smallest absolute Gasteiger partial charge is 0.141 e. The van der Waals surface area contributed by atoms with Crippen molar-refractivity contribution in [2.45, 2.75) is 77.0 Å². The predicted molar refractivity (Wildman–Crippen MR) is 423 cm³/mol. The lowest BCUT2D eigenvalue weighted by atomic mass is 9.85. The molecule has 492 valence electrons. The van der Waals surface area contributed by atoms with Crippen molar-refractivity contribution in [3.63, 3.8) is 0 Å². The maximum Gasteiger partial charge on any atom is 0.141 e. The van der Waals surface area contributed by atoms with E-state index in [1.807, 2.05) is 31.0 Å². The highest BCUT2D eigenvalue weighted by atomic mass is 15.2. The zero-order valence-corrected chi connectivity index (χ0v) is 57.9. The maximum atomic E-state index is 4.87. The molecule has 6 aliphatic carbocycles. The molecule has 0 radical (unpaired) electrons. The molecule has 105 heavy (non-hydrogen) atoms. The Balaban J connectivity index is 0.0000000914. The first-order valence-electron chi connectivity index (χ1n) is 37.7. The third-order valence-corrected chi connectivity index (χ3v) is 25.6. The molecule has 12 aromatic carbocycles. The fourth-order valence-electron chi connectivity index (χ4n) is 21.1. The molecule has 0 N–H and O–H groups in total. The van der Waals surface area contributed by atoms with Crippen LogP contribution in [0.5, 0.6) is 0 Å². The molecule has 6 nitrogen and oxygen atoms in total. The monoisotopic (exact) mass is 1340 g/mol.